The average Bonchev–Trinajstić information content (AvgIpc) is 3.10. The van der Waals surface area contributed by atoms with Crippen molar-refractivity contribution >= 4 is 11.6 Å². The third-order valence-electron chi connectivity index (χ3n) is 4.93. The van der Waals surface area contributed by atoms with E-state index in [0.717, 1.165) is 49.7 Å². The van der Waals surface area contributed by atoms with Crippen molar-refractivity contribution in [3.63, 3.8) is 0 Å². The van der Waals surface area contributed by atoms with Gasteiger partial charge in [0.25, 0.3) is 0 Å². The zero-order valence-corrected chi connectivity index (χ0v) is 15.3. The smallest absolute Gasteiger partial charge is 0.241 e. The molecule has 25 heavy (non-hydrogen) atoms. The van der Waals surface area contributed by atoms with E-state index in [9.17, 15) is 4.79 Å². The van der Waals surface area contributed by atoms with Crippen LogP contribution in [-0.4, -0.2) is 47.9 Å². The summed E-state index contributed by atoms with van der Waals surface area (Å²) in [5.74, 6) is 1.06. The topological polar surface area (TPSA) is 48.7 Å². The van der Waals surface area contributed by atoms with Crippen molar-refractivity contribution in [3.8, 4) is 0 Å². The highest BCUT2D eigenvalue weighted by Crippen LogP contribution is 2.17. The van der Waals surface area contributed by atoms with Gasteiger partial charge in [-0.25, -0.2) is 0 Å². The Kier molecular flexibility index (Phi) is 5.56. The number of carbonyl (C=O) groups excluding carboxylic acids is 1. The molecule has 1 fully saturated rings. The Hall–Kier alpha value is -2.11. The summed E-state index contributed by atoms with van der Waals surface area (Å²) in [4.78, 5) is 17.2. The monoisotopic (exact) mass is 341 g/mol. The van der Waals surface area contributed by atoms with Crippen LogP contribution in [0.25, 0.3) is 0 Å². The Bertz CT molecular complexity index is 704. The van der Waals surface area contributed by atoms with Crippen molar-refractivity contribution in [2.24, 2.45) is 0 Å². The summed E-state index contributed by atoms with van der Waals surface area (Å²) in [7, 11) is 0. The minimum atomic E-state index is -0.133. The van der Waals surface area contributed by atoms with Gasteiger partial charge in [-0.1, -0.05) is 17.7 Å². The van der Waals surface area contributed by atoms with Crippen LogP contribution in [0.2, 0.25) is 0 Å². The summed E-state index contributed by atoms with van der Waals surface area (Å²) in [6.45, 7) is 10.6. The molecule has 5 heteroatoms. The standard InChI is InChI=1S/C20H27N3O2/c1-15-6-7-19(16(2)13-15)21-20(24)17(3)23-10-8-22(9-11-23)14-18-5-4-12-25-18/h4-7,12-13,17H,8-11,14H2,1-3H3,(H,21,24)/t17-/m1/s1. The minimum absolute atomic E-state index is 0.0615. The van der Waals surface area contributed by atoms with Crippen LogP contribution < -0.4 is 5.32 Å². The molecule has 1 saturated heterocycles. The number of aryl methyl sites for hydroxylation is 2. The molecular formula is C20H27N3O2. The van der Waals surface area contributed by atoms with Gasteiger partial charge in [0.2, 0.25) is 5.91 Å². The molecule has 0 aliphatic carbocycles. The first-order valence-corrected chi connectivity index (χ1v) is 8.90. The molecule has 0 spiro atoms. The van der Waals surface area contributed by atoms with Gasteiger partial charge in [0.15, 0.2) is 0 Å². The fourth-order valence-corrected chi connectivity index (χ4v) is 3.29. The molecule has 1 amide bonds. The lowest BCUT2D eigenvalue weighted by Gasteiger charge is -2.37. The summed E-state index contributed by atoms with van der Waals surface area (Å²) in [5.41, 5.74) is 3.21. The first kappa shape index (κ1) is 17.7. The molecule has 134 valence electrons. The van der Waals surface area contributed by atoms with E-state index in [4.69, 9.17) is 4.42 Å². The van der Waals surface area contributed by atoms with Crippen molar-refractivity contribution in [2.75, 3.05) is 31.5 Å². The number of piperazine rings is 1. The summed E-state index contributed by atoms with van der Waals surface area (Å²) in [5, 5.41) is 3.07. The molecule has 2 aromatic rings. The maximum Gasteiger partial charge on any atom is 0.241 e. The third kappa shape index (κ3) is 4.50. The number of nitrogens with zero attached hydrogens (tertiary/aromatic N) is 2. The van der Waals surface area contributed by atoms with E-state index in [2.05, 4.69) is 28.1 Å². The van der Waals surface area contributed by atoms with E-state index in [-0.39, 0.29) is 11.9 Å². The number of carbonyl (C=O) groups is 1. The number of rotatable bonds is 5. The van der Waals surface area contributed by atoms with Crippen molar-refractivity contribution in [1.29, 1.82) is 0 Å². The lowest BCUT2D eigenvalue weighted by atomic mass is 10.1. The molecule has 1 aromatic heterocycles. The second-order valence-electron chi connectivity index (χ2n) is 6.88. The van der Waals surface area contributed by atoms with Gasteiger partial charge in [-0.3, -0.25) is 14.6 Å². The number of furan rings is 1. The van der Waals surface area contributed by atoms with Crippen LogP contribution in [0.5, 0.6) is 0 Å². The minimum Gasteiger partial charge on any atom is -0.468 e. The highest BCUT2D eigenvalue weighted by molar-refractivity contribution is 5.95. The number of hydrogen-bond donors (Lipinski definition) is 1. The van der Waals surface area contributed by atoms with Gasteiger partial charge in [0.1, 0.15) is 5.76 Å². The lowest BCUT2D eigenvalue weighted by Crippen LogP contribution is -2.52. The summed E-state index contributed by atoms with van der Waals surface area (Å²) in [6, 6.07) is 9.90. The zero-order chi connectivity index (χ0) is 17.8. The van der Waals surface area contributed by atoms with E-state index in [0.29, 0.717) is 0 Å². The molecule has 5 nitrogen and oxygen atoms in total. The normalized spacial score (nSPS) is 17.4. The Morgan fingerprint density at radius 1 is 1.20 bits per heavy atom. The van der Waals surface area contributed by atoms with Crippen LogP contribution in [0.1, 0.15) is 23.8 Å². The van der Waals surface area contributed by atoms with Crippen LogP contribution in [0.15, 0.2) is 41.0 Å². The molecule has 1 aromatic carbocycles. The number of anilines is 1. The van der Waals surface area contributed by atoms with Gasteiger partial charge in [0, 0.05) is 31.9 Å². The predicted octanol–water partition coefficient (Wildman–Crippen LogP) is 3.04. The Morgan fingerprint density at radius 2 is 1.96 bits per heavy atom. The number of benzene rings is 1. The fraction of sp³-hybridized carbons (Fsp3) is 0.450. The van der Waals surface area contributed by atoms with Crippen LogP contribution in [0.3, 0.4) is 0 Å². The molecule has 0 unspecified atom stereocenters. The van der Waals surface area contributed by atoms with E-state index in [1.54, 1.807) is 6.26 Å². The van der Waals surface area contributed by atoms with Crippen molar-refractivity contribution in [3.05, 3.63) is 53.5 Å². The molecule has 1 aliphatic rings. The van der Waals surface area contributed by atoms with Gasteiger partial charge in [-0.15, -0.1) is 0 Å². The predicted molar refractivity (Wildman–Crippen MR) is 99.6 cm³/mol. The van der Waals surface area contributed by atoms with Gasteiger partial charge in [-0.2, -0.15) is 0 Å². The largest absolute Gasteiger partial charge is 0.468 e. The van der Waals surface area contributed by atoms with Crippen molar-refractivity contribution < 1.29 is 9.21 Å². The van der Waals surface area contributed by atoms with Crippen LogP contribution >= 0.6 is 0 Å². The van der Waals surface area contributed by atoms with Crippen LogP contribution in [0.4, 0.5) is 5.69 Å². The summed E-state index contributed by atoms with van der Waals surface area (Å²) < 4.78 is 5.42. The van der Waals surface area contributed by atoms with Gasteiger partial charge in [0.05, 0.1) is 18.8 Å². The SMILES string of the molecule is Cc1ccc(NC(=O)[C@@H](C)N2CCN(Cc3ccco3)CC2)c(C)c1. The highest BCUT2D eigenvalue weighted by atomic mass is 16.3. The molecule has 0 bridgehead atoms. The quantitative estimate of drug-likeness (QED) is 0.908. The maximum absolute atomic E-state index is 12.6. The van der Waals surface area contributed by atoms with E-state index < -0.39 is 0 Å². The highest BCUT2D eigenvalue weighted by Gasteiger charge is 2.26. The second kappa shape index (κ2) is 7.85. The molecular weight excluding hydrogens is 314 g/mol. The molecule has 1 atom stereocenters. The molecule has 2 heterocycles. The average molecular weight is 341 g/mol. The van der Waals surface area contributed by atoms with E-state index in [1.807, 2.05) is 38.1 Å². The third-order valence-corrected chi connectivity index (χ3v) is 4.93. The lowest BCUT2D eigenvalue weighted by molar-refractivity contribution is -0.121. The molecule has 1 N–H and O–H groups in total. The van der Waals surface area contributed by atoms with Gasteiger partial charge in [-0.05, 0) is 44.5 Å². The van der Waals surface area contributed by atoms with E-state index in [1.165, 1.54) is 5.56 Å². The molecule has 0 saturated carbocycles. The Labute approximate surface area is 149 Å². The second-order valence-corrected chi connectivity index (χ2v) is 6.88. The van der Waals surface area contributed by atoms with Crippen LogP contribution in [-0.2, 0) is 11.3 Å². The molecule has 1 aliphatic heterocycles. The van der Waals surface area contributed by atoms with Gasteiger partial charge < -0.3 is 9.73 Å². The van der Waals surface area contributed by atoms with Gasteiger partial charge >= 0.3 is 0 Å². The molecule has 0 radical (unpaired) electrons. The molecule has 3 rings (SSSR count). The zero-order valence-electron chi connectivity index (χ0n) is 15.3. The van der Waals surface area contributed by atoms with E-state index >= 15 is 0 Å². The fourth-order valence-electron chi connectivity index (χ4n) is 3.29. The number of nitrogens with one attached hydrogen (secondary N) is 1. The first-order chi connectivity index (χ1) is 12.0. The summed E-state index contributed by atoms with van der Waals surface area (Å²) in [6.07, 6.45) is 1.71. The maximum atomic E-state index is 12.6. The van der Waals surface area contributed by atoms with Crippen molar-refractivity contribution in [1.82, 2.24) is 9.80 Å². The Balaban J connectivity index is 1.51. The summed E-state index contributed by atoms with van der Waals surface area (Å²) >= 11 is 0. The first-order valence-electron chi connectivity index (χ1n) is 8.90. The van der Waals surface area contributed by atoms with Crippen molar-refractivity contribution in [2.45, 2.75) is 33.4 Å². The number of hydrogen-bond acceptors (Lipinski definition) is 4. The van der Waals surface area contributed by atoms with Crippen LogP contribution in [0, 0.1) is 13.8 Å². The number of amides is 1. The Morgan fingerprint density at radius 3 is 2.60 bits per heavy atom.